The van der Waals surface area contributed by atoms with Crippen LogP contribution in [0.15, 0.2) is 41.9 Å². The lowest BCUT2D eigenvalue weighted by molar-refractivity contribution is 0.470. The second kappa shape index (κ2) is 7.76. The maximum Gasteiger partial charge on any atom is 0.240 e. The van der Waals surface area contributed by atoms with Crippen molar-refractivity contribution in [3.8, 4) is 17.1 Å². The number of nitrogens with one attached hydrogen (secondary N) is 1. The molecular formula is C16H18FN7O2S. The molecule has 0 saturated heterocycles. The number of hydrogen-bond acceptors (Lipinski definition) is 7. The van der Waals surface area contributed by atoms with E-state index in [1.54, 1.807) is 6.07 Å². The van der Waals surface area contributed by atoms with E-state index in [2.05, 4.69) is 24.8 Å². The lowest BCUT2D eigenvalue weighted by atomic mass is 10.1. The Labute approximate surface area is 155 Å². The molecule has 0 aliphatic rings. The standard InChI is InChI=1S/C16H18FN7O2S/c1-11-3-4-12(27(25,26)22-6-2-5-17)7-13(11)14-8-20-15(18)16(23-14)24-10-19-9-21-24/h3-4,7-10,22H,2,5-6H2,1H3,(H2,18,20). The van der Waals surface area contributed by atoms with Crippen LogP contribution in [0, 0.1) is 6.92 Å². The predicted octanol–water partition coefficient (Wildman–Crippen LogP) is 1.25. The molecule has 142 valence electrons. The first-order chi connectivity index (χ1) is 12.9. The molecule has 0 radical (unpaired) electrons. The molecule has 9 nitrogen and oxygen atoms in total. The summed E-state index contributed by atoms with van der Waals surface area (Å²) in [5.41, 5.74) is 7.69. The Balaban J connectivity index is 2.02. The van der Waals surface area contributed by atoms with Crippen LogP contribution in [0.3, 0.4) is 0 Å². The summed E-state index contributed by atoms with van der Waals surface area (Å²) in [6.45, 7) is 1.27. The fraction of sp³-hybridized carbons (Fsp3) is 0.250. The van der Waals surface area contributed by atoms with Crippen LogP contribution in [0.25, 0.3) is 17.1 Å². The SMILES string of the molecule is Cc1ccc(S(=O)(=O)NCCCF)cc1-c1cnc(N)c(-n2cncn2)n1. The smallest absolute Gasteiger partial charge is 0.240 e. The lowest BCUT2D eigenvalue weighted by Gasteiger charge is -2.11. The fourth-order valence-electron chi connectivity index (χ4n) is 2.41. The van der Waals surface area contributed by atoms with Gasteiger partial charge in [0.25, 0.3) is 0 Å². The minimum atomic E-state index is -3.76. The van der Waals surface area contributed by atoms with Gasteiger partial charge in [-0.3, -0.25) is 4.39 Å². The van der Waals surface area contributed by atoms with Crippen LogP contribution in [0.1, 0.15) is 12.0 Å². The van der Waals surface area contributed by atoms with Crippen molar-refractivity contribution in [1.82, 2.24) is 29.5 Å². The largest absolute Gasteiger partial charge is 0.381 e. The van der Waals surface area contributed by atoms with Gasteiger partial charge >= 0.3 is 0 Å². The van der Waals surface area contributed by atoms with Crippen LogP contribution in [0.4, 0.5) is 10.2 Å². The van der Waals surface area contributed by atoms with Gasteiger partial charge in [-0.25, -0.2) is 28.1 Å². The summed E-state index contributed by atoms with van der Waals surface area (Å²) >= 11 is 0. The van der Waals surface area contributed by atoms with Gasteiger partial charge in [0, 0.05) is 12.1 Å². The first-order valence-corrected chi connectivity index (χ1v) is 9.55. The highest BCUT2D eigenvalue weighted by molar-refractivity contribution is 7.89. The van der Waals surface area contributed by atoms with Crippen LogP contribution in [0.5, 0.6) is 0 Å². The number of rotatable bonds is 7. The molecule has 3 rings (SSSR count). The molecule has 3 N–H and O–H groups in total. The predicted molar refractivity (Wildman–Crippen MR) is 97.3 cm³/mol. The van der Waals surface area contributed by atoms with Gasteiger partial charge < -0.3 is 5.73 Å². The van der Waals surface area contributed by atoms with E-state index < -0.39 is 16.7 Å². The van der Waals surface area contributed by atoms with Crippen molar-refractivity contribution in [3.63, 3.8) is 0 Å². The van der Waals surface area contributed by atoms with Gasteiger partial charge in [-0.15, -0.1) is 0 Å². The normalized spacial score (nSPS) is 11.6. The average molecular weight is 391 g/mol. The van der Waals surface area contributed by atoms with Crippen molar-refractivity contribution in [2.75, 3.05) is 19.0 Å². The number of nitrogens with two attached hydrogens (primary N) is 1. The molecule has 0 saturated carbocycles. The number of aryl methyl sites for hydroxylation is 1. The Bertz CT molecular complexity index is 1040. The van der Waals surface area contributed by atoms with Crippen molar-refractivity contribution in [1.29, 1.82) is 0 Å². The number of hydrogen-bond donors (Lipinski definition) is 2. The number of halogens is 1. The van der Waals surface area contributed by atoms with E-state index in [9.17, 15) is 12.8 Å². The number of nitrogens with zero attached hydrogens (tertiary/aromatic N) is 5. The van der Waals surface area contributed by atoms with Gasteiger partial charge in [0.1, 0.15) is 12.7 Å². The average Bonchev–Trinajstić information content (AvgIpc) is 3.17. The summed E-state index contributed by atoms with van der Waals surface area (Å²) in [6, 6.07) is 4.66. The van der Waals surface area contributed by atoms with E-state index in [0.29, 0.717) is 17.1 Å². The number of benzene rings is 1. The molecule has 0 aliphatic carbocycles. The molecule has 0 bridgehead atoms. The Morgan fingerprint density at radius 3 is 2.85 bits per heavy atom. The summed E-state index contributed by atoms with van der Waals surface area (Å²) in [6.07, 6.45) is 4.36. The van der Waals surface area contributed by atoms with Crippen molar-refractivity contribution >= 4 is 15.8 Å². The molecule has 2 aromatic heterocycles. The van der Waals surface area contributed by atoms with Crippen LogP contribution in [0.2, 0.25) is 0 Å². The van der Waals surface area contributed by atoms with Crippen LogP contribution < -0.4 is 10.5 Å². The van der Waals surface area contributed by atoms with E-state index in [1.165, 1.54) is 35.7 Å². The highest BCUT2D eigenvalue weighted by Gasteiger charge is 2.17. The summed E-state index contributed by atoms with van der Waals surface area (Å²) < 4.78 is 40.8. The molecule has 1 aromatic carbocycles. The van der Waals surface area contributed by atoms with Gasteiger partial charge in [-0.2, -0.15) is 9.78 Å². The molecule has 0 amide bonds. The minimum Gasteiger partial charge on any atom is -0.381 e. The molecule has 11 heteroatoms. The second-order valence-corrected chi connectivity index (χ2v) is 7.49. The van der Waals surface area contributed by atoms with E-state index in [4.69, 9.17) is 5.73 Å². The Hall–Kier alpha value is -2.92. The summed E-state index contributed by atoms with van der Waals surface area (Å²) in [5, 5.41) is 3.99. The quantitative estimate of drug-likeness (QED) is 0.580. The van der Waals surface area contributed by atoms with Gasteiger partial charge in [-0.1, -0.05) is 6.07 Å². The van der Waals surface area contributed by atoms with E-state index in [0.717, 1.165) is 5.56 Å². The number of sulfonamides is 1. The molecular weight excluding hydrogens is 373 g/mol. The van der Waals surface area contributed by atoms with Crippen LogP contribution in [-0.2, 0) is 10.0 Å². The Morgan fingerprint density at radius 2 is 2.15 bits per heavy atom. The molecule has 3 aromatic rings. The molecule has 0 spiro atoms. The molecule has 0 atom stereocenters. The van der Waals surface area contributed by atoms with Gasteiger partial charge in [0.05, 0.1) is 23.5 Å². The van der Waals surface area contributed by atoms with E-state index >= 15 is 0 Å². The molecule has 27 heavy (non-hydrogen) atoms. The number of nitrogen functional groups attached to an aromatic ring is 1. The summed E-state index contributed by atoms with van der Waals surface area (Å²) in [7, 11) is -3.76. The third-order valence-electron chi connectivity index (χ3n) is 3.81. The van der Waals surface area contributed by atoms with Crippen LogP contribution >= 0.6 is 0 Å². The van der Waals surface area contributed by atoms with Gasteiger partial charge in [-0.05, 0) is 31.0 Å². The first kappa shape index (κ1) is 18.9. The Kier molecular flexibility index (Phi) is 5.42. The maximum absolute atomic E-state index is 12.4. The zero-order chi connectivity index (χ0) is 19.4. The fourth-order valence-corrected chi connectivity index (χ4v) is 3.51. The second-order valence-electron chi connectivity index (χ2n) is 5.72. The molecule has 0 fully saturated rings. The maximum atomic E-state index is 12.4. The van der Waals surface area contributed by atoms with Crippen LogP contribution in [-0.4, -0.2) is 46.4 Å². The van der Waals surface area contributed by atoms with Gasteiger partial charge in [0.2, 0.25) is 10.0 Å². The minimum absolute atomic E-state index is 0.0279. The van der Waals surface area contributed by atoms with Crippen molar-refractivity contribution in [2.45, 2.75) is 18.2 Å². The third kappa shape index (κ3) is 4.09. The first-order valence-electron chi connectivity index (χ1n) is 8.06. The summed E-state index contributed by atoms with van der Waals surface area (Å²) in [5.74, 6) is 0.456. The highest BCUT2D eigenvalue weighted by Crippen LogP contribution is 2.26. The van der Waals surface area contributed by atoms with Crippen molar-refractivity contribution in [3.05, 3.63) is 42.6 Å². The lowest BCUT2D eigenvalue weighted by Crippen LogP contribution is -2.25. The number of alkyl halides is 1. The third-order valence-corrected chi connectivity index (χ3v) is 5.27. The molecule has 0 aliphatic heterocycles. The van der Waals surface area contributed by atoms with Crippen molar-refractivity contribution < 1.29 is 12.8 Å². The highest BCUT2D eigenvalue weighted by atomic mass is 32.2. The zero-order valence-corrected chi connectivity index (χ0v) is 15.3. The number of anilines is 1. The van der Waals surface area contributed by atoms with E-state index in [-0.39, 0.29) is 23.7 Å². The monoisotopic (exact) mass is 391 g/mol. The molecule has 2 heterocycles. The number of aromatic nitrogens is 5. The van der Waals surface area contributed by atoms with Gasteiger partial charge in [0.15, 0.2) is 11.6 Å². The molecule has 0 unspecified atom stereocenters. The zero-order valence-electron chi connectivity index (χ0n) is 14.5. The topological polar surface area (TPSA) is 129 Å². The Morgan fingerprint density at radius 1 is 1.33 bits per heavy atom. The summed E-state index contributed by atoms with van der Waals surface area (Å²) in [4.78, 5) is 12.5. The van der Waals surface area contributed by atoms with Crippen molar-refractivity contribution in [2.24, 2.45) is 0 Å². The van der Waals surface area contributed by atoms with E-state index in [1.807, 2.05) is 6.92 Å².